The molecule has 1 aliphatic heterocycles. The van der Waals surface area contributed by atoms with E-state index in [1.165, 1.54) is 0 Å². The molecule has 0 amide bonds. The molecule has 0 aromatic carbocycles. The highest BCUT2D eigenvalue weighted by molar-refractivity contribution is 4.98. The predicted octanol–water partition coefficient (Wildman–Crippen LogP) is 1.43. The van der Waals surface area contributed by atoms with E-state index in [1.54, 1.807) is 13.3 Å². The fraction of sp³-hybridized carbons (Fsp3) is 0.643. The van der Waals surface area contributed by atoms with Gasteiger partial charge in [-0.3, -0.25) is 4.90 Å². The van der Waals surface area contributed by atoms with E-state index in [9.17, 15) is 0 Å². The van der Waals surface area contributed by atoms with Crippen molar-refractivity contribution in [3.63, 3.8) is 0 Å². The highest BCUT2D eigenvalue weighted by Gasteiger charge is 2.36. The van der Waals surface area contributed by atoms with Gasteiger partial charge in [-0.1, -0.05) is 5.16 Å². The maximum Gasteiger partial charge on any atom is 0.244 e. The molecule has 7 heteroatoms. The normalized spacial score (nSPS) is 23.0. The minimum Gasteiger partial charge on any atom is -0.380 e. The van der Waals surface area contributed by atoms with E-state index in [2.05, 4.69) is 24.6 Å². The van der Waals surface area contributed by atoms with Crippen LogP contribution in [0.25, 0.3) is 0 Å². The average Bonchev–Trinajstić information content (AvgIpc) is 3.19. The Hall–Kier alpha value is -1.73. The van der Waals surface area contributed by atoms with Crippen LogP contribution >= 0.6 is 0 Å². The molecule has 0 saturated carbocycles. The fourth-order valence-electron chi connectivity index (χ4n) is 2.86. The summed E-state index contributed by atoms with van der Waals surface area (Å²) in [5.41, 5.74) is 0. The molecule has 3 rings (SSSR count). The Kier molecular flexibility index (Phi) is 4.31. The minimum absolute atomic E-state index is 0.166. The van der Waals surface area contributed by atoms with Crippen LogP contribution in [0.15, 0.2) is 23.2 Å². The number of aromatic nitrogens is 4. The van der Waals surface area contributed by atoms with E-state index < -0.39 is 0 Å². The Labute approximate surface area is 123 Å². The summed E-state index contributed by atoms with van der Waals surface area (Å²) in [4.78, 5) is 10.8. The molecule has 21 heavy (non-hydrogen) atoms. The molecule has 1 fully saturated rings. The second kappa shape index (κ2) is 6.36. The zero-order valence-electron chi connectivity index (χ0n) is 12.5. The molecule has 1 aliphatic rings. The molecule has 0 bridgehead atoms. The van der Waals surface area contributed by atoms with Crippen LogP contribution < -0.4 is 0 Å². The van der Waals surface area contributed by atoms with Crippen molar-refractivity contribution < 1.29 is 9.26 Å². The average molecular weight is 291 g/mol. The number of likely N-dealkylation sites (tertiary alicyclic amines) is 1. The Morgan fingerprint density at radius 2 is 2.33 bits per heavy atom. The number of rotatable bonds is 6. The van der Waals surface area contributed by atoms with E-state index in [0.717, 1.165) is 32.5 Å². The van der Waals surface area contributed by atoms with Crippen LogP contribution in [0.2, 0.25) is 0 Å². The van der Waals surface area contributed by atoms with E-state index >= 15 is 0 Å². The first kappa shape index (κ1) is 14.2. The molecule has 0 spiro atoms. The maximum absolute atomic E-state index is 5.51. The molecule has 114 valence electrons. The van der Waals surface area contributed by atoms with Gasteiger partial charge in [0.05, 0.1) is 18.5 Å². The monoisotopic (exact) mass is 291 g/mol. The second-order valence-corrected chi connectivity index (χ2v) is 5.44. The van der Waals surface area contributed by atoms with Gasteiger partial charge in [0.25, 0.3) is 0 Å². The molecule has 3 heterocycles. The SMILES string of the molecule is CO[C@@H]1C[C@H](c2nc(C)no2)N(CCCn2ccnc2)C1. The van der Waals surface area contributed by atoms with Crippen LogP contribution in [0, 0.1) is 6.92 Å². The van der Waals surface area contributed by atoms with Gasteiger partial charge >= 0.3 is 0 Å². The number of methoxy groups -OCH3 is 1. The molecule has 0 N–H and O–H groups in total. The van der Waals surface area contributed by atoms with E-state index in [-0.39, 0.29) is 12.1 Å². The lowest BCUT2D eigenvalue weighted by Crippen LogP contribution is -2.27. The van der Waals surface area contributed by atoms with E-state index in [4.69, 9.17) is 9.26 Å². The number of imidazole rings is 1. The lowest BCUT2D eigenvalue weighted by Gasteiger charge is -2.21. The topological polar surface area (TPSA) is 69.2 Å². The standard InChI is InChI=1S/C14H21N5O2/c1-11-16-14(21-17-11)13-8-12(20-2)9-19(13)6-3-5-18-7-4-15-10-18/h4,7,10,12-13H,3,5-6,8-9H2,1-2H3/t12-,13-/m1/s1. The summed E-state index contributed by atoms with van der Waals surface area (Å²) in [6, 6.07) is 0.166. The zero-order valence-corrected chi connectivity index (χ0v) is 12.5. The summed E-state index contributed by atoms with van der Waals surface area (Å²) in [6.07, 6.45) is 7.83. The van der Waals surface area contributed by atoms with Crippen LogP contribution in [0.4, 0.5) is 0 Å². The van der Waals surface area contributed by atoms with Crippen molar-refractivity contribution in [3.05, 3.63) is 30.4 Å². The lowest BCUT2D eigenvalue weighted by molar-refractivity contribution is 0.108. The Balaban J connectivity index is 1.60. The number of aryl methyl sites for hydroxylation is 2. The number of nitrogens with zero attached hydrogens (tertiary/aromatic N) is 5. The van der Waals surface area contributed by atoms with Gasteiger partial charge in [-0.2, -0.15) is 4.98 Å². The third kappa shape index (κ3) is 3.30. The number of ether oxygens (including phenoxy) is 1. The van der Waals surface area contributed by atoms with Gasteiger partial charge in [0.2, 0.25) is 5.89 Å². The number of hydrogen-bond donors (Lipinski definition) is 0. The van der Waals surface area contributed by atoms with Gasteiger partial charge in [-0.25, -0.2) is 4.98 Å². The van der Waals surface area contributed by atoms with Gasteiger partial charge in [0.1, 0.15) is 0 Å². The molecule has 2 atom stereocenters. The Morgan fingerprint density at radius 1 is 1.43 bits per heavy atom. The minimum atomic E-state index is 0.166. The lowest BCUT2D eigenvalue weighted by atomic mass is 10.2. The van der Waals surface area contributed by atoms with Gasteiger partial charge in [0, 0.05) is 39.1 Å². The van der Waals surface area contributed by atoms with Gasteiger partial charge in [-0.15, -0.1) is 0 Å². The molecule has 1 saturated heterocycles. The summed E-state index contributed by atoms with van der Waals surface area (Å²) in [5.74, 6) is 1.39. The van der Waals surface area contributed by atoms with E-state index in [1.807, 2.05) is 19.4 Å². The first-order valence-electron chi connectivity index (χ1n) is 7.29. The molecule has 0 radical (unpaired) electrons. The summed E-state index contributed by atoms with van der Waals surface area (Å²) in [5, 5.41) is 3.90. The maximum atomic E-state index is 5.51. The predicted molar refractivity (Wildman–Crippen MR) is 75.6 cm³/mol. The second-order valence-electron chi connectivity index (χ2n) is 5.44. The Morgan fingerprint density at radius 3 is 3.00 bits per heavy atom. The van der Waals surface area contributed by atoms with Crippen molar-refractivity contribution in [2.45, 2.75) is 38.5 Å². The molecule has 7 nitrogen and oxygen atoms in total. The number of hydrogen-bond acceptors (Lipinski definition) is 6. The quantitative estimate of drug-likeness (QED) is 0.802. The highest BCUT2D eigenvalue weighted by atomic mass is 16.5. The van der Waals surface area contributed by atoms with Crippen molar-refractivity contribution in [1.82, 2.24) is 24.6 Å². The summed E-state index contributed by atoms with van der Waals surface area (Å²) >= 11 is 0. The van der Waals surface area contributed by atoms with Crippen molar-refractivity contribution in [3.8, 4) is 0 Å². The third-order valence-corrected chi connectivity index (χ3v) is 3.95. The van der Waals surface area contributed by atoms with Crippen LogP contribution in [0.3, 0.4) is 0 Å². The third-order valence-electron chi connectivity index (χ3n) is 3.95. The molecule has 0 aliphatic carbocycles. The van der Waals surface area contributed by atoms with E-state index in [0.29, 0.717) is 11.7 Å². The highest BCUT2D eigenvalue weighted by Crippen LogP contribution is 2.32. The van der Waals surface area contributed by atoms with Crippen LogP contribution in [-0.2, 0) is 11.3 Å². The van der Waals surface area contributed by atoms with Gasteiger partial charge < -0.3 is 13.8 Å². The first-order chi connectivity index (χ1) is 10.3. The summed E-state index contributed by atoms with van der Waals surface area (Å²) < 4.78 is 12.9. The van der Waals surface area contributed by atoms with Crippen LogP contribution in [0.1, 0.15) is 30.6 Å². The summed E-state index contributed by atoms with van der Waals surface area (Å²) in [6.45, 7) is 4.69. The van der Waals surface area contributed by atoms with Gasteiger partial charge in [-0.05, 0) is 19.8 Å². The molecular weight excluding hydrogens is 270 g/mol. The van der Waals surface area contributed by atoms with Crippen LogP contribution in [-0.4, -0.2) is 50.9 Å². The molecular formula is C14H21N5O2. The van der Waals surface area contributed by atoms with Crippen LogP contribution in [0.5, 0.6) is 0 Å². The molecule has 2 aromatic heterocycles. The van der Waals surface area contributed by atoms with Crippen molar-refractivity contribution >= 4 is 0 Å². The first-order valence-corrected chi connectivity index (χ1v) is 7.29. The van der Waals surface area contributed by atoms with Crippen molar-refractivity contribution in [2.75, 3.05) is 20.2 Å². The summed E-state index contributed by atoms with van der Waals surface area (Å²) in [7, 11) is 1.76. The zero-order chi connectivity index (χ0) is 14.7. The molecule has 2 aromatic rings. The van der Waals surface area contributed by atoms with Gasteiger partial charge in [0.15, 0.2) is 5.82 Å². The smallest absolute Gasteiger partial charge is 0.244 e. The van der Waals surface area contributed by atoms with Crippen molar-refractivity contribution in [1.29, 1.82) is 0 Å². The largest absolute Gasteiger partial charge is 0.380 e. The molecule has 0 unspecified atom stereocenters. The van der Waals surface area contributed by atoms with Crippen molar-refractivity contribution in [2.24, 2.45) is 0 Å². The fourth-order valence-corrected chi connectivity index (χ4v) is 2.86. The Bertz CT molecular complexity index is 553.